The monoisotopic (exact) mass is 204 g/mol. The van der Waals surface area contributed by atoms with E-state index in [-0.39, 0.29) is 12.7 Å². The van der Waals surface area contributed by atoms with Crippen molar-refractivity contribution >= 4 is 0 Å². The summed E-state index contributed by atoms with van der Waals surface area (Å²) in [6.07, 6.45) is 3.06. The van der Waals surface area contributed by atoms with Gasteiger partial charge in [-0.05, 0) is 40.5 Å². The maximum Gasteiger partial charge on any atom is 0.0806 e. The third-order valence-corrected chi connectivity index (χ3v) is 1.77. The van der Waals surface area contributed by atoms with E-state index in [9.17, 15) is 0 Å². The van der Waals surface area contributed by atoms with Crippen LogP contribution in [0.15, 0.2) is 0 Å². The zero-order valence-corrected chi connectivity index (χ0v) is 9.82. The maximum atomic E-state index is 8.44. The molecule has 0 aliphatic carbocycles. The Morgan fingerprint density at radius 2 is 1.86 bits per heavy atom. The SMILES string of the molecule is CC(C)OC(C)C.OCC1CCCO1. The summed E-state index contributed by atoms with van der Waals surface area (Å²) >= 11 is 0. The first-order chi connectivity index (χ1) is 6.56. The Morgan fingerprint density at radius 3 is 2.00 bits per heavy atom. The molecule has 0 spiro atoms. The van der Waals surface area contributed by atoms with Crippen molar-refractivity contribution in [2.75, 3.05) is 13.2 Å². The van der Waals surface area contributed by atoms with E-state index in [2.05, 4.69) is 0 Å². The Balaban J connectivity index is 0.000000241. The van der Waals surface area contributed by atoms with Crippen molar-refractivity contribution in [1.82, 2.24) is 0 Å². The highest BCUT2D eigenvalue weighted by Gasteiger charge is 2.12. The average Bonchev–Trinajstić information content (AvgIpc) is 2.53. The van der Waals surface area contributed by atoms with Crippen LogP contribution < -0.4 is 0 Å². The van der Waals surface area contributed by atoms with Gasteiger partial charge in [0, 0.05) is 6.61 Å². The Morgan fingerprint density at radius 1 is 1.29 bits per heavy atom. The predicted octanol–water partition coefficient (Wildman–Crippen LogP) is 1.98. The lowest BCUT2D eigenvalue weighted by Gasteiger charge is -2.09. The van der Waals surface area contributed by atoms with Crippen molar-refractivity contribution in [2.45, 2.75) is 58.8 Å². The van der Waals surface area contributed by atoms with Crippen molar-refractivity contribution in [3.05, 3.63) is 0 Å². The van der Waals surface area contributed by atoms with Crippen LogP contribution in [0.25, 0.3) is 0 Å². The fraction of sp³-hybridized carbons (Fsp3) is 1.00. The molecule has 0 aromatic carbocycles. The molecule has 1 aliphatic heterocycles. The molecule has 3 heteroatoms. The highest BCUT2D eigenvalue weighted by Crippen LogP contribution is 2.09. The number of hydrogen-bond donors (Lipinski definition) is 1. The number of ether oxygens (including phenoxy) is 2. The normalized spacial score (nSPS) is 21.2. The van der Waals surface area contributed by atoms with Gasteiger partial charge in [0.15, 0.2) is 0 Å². The van der Waals surface area contributed by atoms with Gasteiger partial charge in [-0.1, -0.05) is 0 Å². The molecule has 0 saturated carbocycles. The second-order valence-electron chi connectivity index (χ2n) is 4.05. The van der Waals surface area contributed by atoms with Crippen LogP contribution in [-0.2, 0) is 9.47 Å². The molecule has 0 aromatic heterocycles. The average molecular weight is 204 g/mol. The Hall–Kier alpha value is -0.120. The smallest absolute Gasteiger partial charge is 0.0806 e. The van der Waals surface area contributed by atoms with Crippen molar-refractivity contribution in [1.29, 1.82) is 0 Å². The summed E-state index contributed by atoms with van der Waals surface area (Å²) in [5, 5.41) is 8.44. The van der Waals surface area contributed by atoms with Gasteiger partial charge in [0.1, 0.15) is 0 Å². The van der Waals surface area contributed by atoms with E-state index in [1.807, 2.05) is 27.7 Å². The fourth-order valence-electron chi connectivity index (χ4n) is 1.33. The molecule has 0 bridgehead atoms. The van der Waals surface area contributed by atoms with Gasteiger partial charge in [0.25, 0.3) is 0 Å². The van der Waals surface area contributed by atoms with Crippen LogP contribution in [-0.4, -0.2) is 36.6 Å². The molecule has 3 nitrogen and oxygen atoms in total. The Labute approximate surface area is 87.4 Å². The van der Waals surface area contributed by atoms with Gasteiger partial charge in [0.2, 0.25) is 0 Å². The number of aliphatic hydroxyl groups is 1. The van der Waals surface area contributed by atoms with Crippen molar-refractivity contribution in [3.63, 3.8) is 0 Å². The second kappa shape index (κ2) is 8.21. The van der Waals surface area contributed by atoms with E-state index in [1.165, 1.54) is 0 Å². The van der Waals surface area contributed by atoms with Crippen LogP contribution >= 0.6 is 0 Å². The molecular weight excluding hydrogens is 180 g/mol. The Bertz CT molecular complexity index is 112. The summed E-state index contributed by atoms with van der Waals surface area (Å²) in [5.74, 6) is 0. The Kier molecular flexibility index (Phi) is 8.14. The molecular formula is C11H24O3. The van der Waals surface area contributed by atoms with E-state index in [0.29, 0.717) is 12.2 Å². The van der Waals surface area contributed by atoms with E-state index >= 15 is 0 Å². The molecule has 0 radical (unpaired) electrons. The third-order valence-electron chi connectivity index (χ3n) is 1.77. The van der Waals surface area contributed by atoms with E-state index in [1.54, 1.807) is 0 Å². The standard InChI is InChI=1S/C6H14O.C5H10O2/c1-5(2)7-6(3)4;6-4-5-2-1-3-7-5/h5-6H,1-4H3;5-6H,1-4H2. The topological polar surface area (TPSA) is 38.7 Å². The van der Waals surface area contributed by atoms with Gasteiger partial charge in [-0.25, -0.2) is 0 Å². The van der Waals surface area contributed by atoms with Gasteiger partial charge < -0.3 is 14.6 Å². The number of hydrogen-bond acceptors (Lipinski definition) is 3. The van der Waals surface area contributed by atoms with E-state index < -0.39 is 0 Å². The quantitative estimate of drug-likeness (QED) is 0.764. The molecule has 1 fully saturated rings. The molecule has 1 heterocycles. The maximum absolute atomic E-state index is 8.44. The minimum atomic E-state index is 0.153. The van der Waals surface area contributed by atoms with Gasteiger partial charge in [0.05, 0.1) is 24.9 Å². The lowest BCUT2D eigenvalue weighted by molar-refractivity contribution is 0.0300. The lowest BCUT2D eigenvalue weighted by atomic mass is 10.2. The molecule has 0 amide bonds. The first-order valence-corrected chi connectivity index (χ1v) is 5.44. The number of aliphatic hydroxyl groups excluding tert-OH is 1. The molecule has 1 N–H and O–H groups in total. The molecule has 0 aromatic rings. The fourth-order valence-corrected chi connectivity index (χ4v) is 1.33. The molecule has 86 valence electrons. The molecule has 1 unspecified atom stereocenters. The van der Waals surface area contributed by atoms with Crippen molar-refractivity contribution in [2.24, 2.45) is 0 Å². The van der Waals surface area contributed by atoms with Crippen molar-refractivity contribution in [3.8, 4) is 0 Å². The van der Waals surface area contributed by atoms with Crippen LogP contribution in [0.4, 0.5) is 0 Å². The third kappa shape index (κ3) is 8.48. The molecule has 1 rings (SSSR count). The summed E-state index contributed by atoms with van der Waals surface area (Å²) in [6.45, 7) is 9.20. The predicted molar refractivity (Wildman–Crippen MR) is 57.4 cm³/mol. The van der Waals surface area contributed by atoms with Crippen molar-refractivity contribution < 1.29 is 14.6 Å². The van der Waals surface area contributed by atoms with Gasteiger partial charge in [-0.3, -0.25) is 0 Å². The summed E-state index contributed by atoms with van der Waals surface area (Å²) in [5.41, 5.74) is 0. The summed E-state index contributed by atoms with van der Waals surface area (Å²) in [7, 11) is 0. The second-order valence-corrected chi connectivity index (χ2v) is 4.05. The van der Waals surface area contributed by atoms with Crippen LogP contribution in [0, 0.1) is 0 Å². The summed E-state index contributed by atoms with van der Waals surface area (Å²) in [4.78, 5) is 0. The van der Waals surface area contributed by atoms with Gasteiger partial charge in [-0.15, -0.1) is 0 Å². The minimum absolute atomic E-state index is 0.153. The molecule has 1 atom stereocenters. The zero-order chi connectivity index (χ0) is 11.0. The first-order valence-electron chi connectivity index (χ1n) is 5.44. The van der Waals surface area contributed by atoms with Gasteiger partial charge >= 0.3 is 0 Å². The first kappa shape index (κ1) is 13.9. The van der Waals surface area contributed by atoms with Gasteiger partial charge in [-0.2, -0.15) is 0 Å². The zero-order valence-electron chi connectivity index (χ0n) is 9.82. The largest absolute Gasteiger partial charge is 0.394 e. The molecule has 14 heavy (non-hydrogen) atoms. The van der Waals surface area contributed by atoms with Crippen LogP contribution in [0.3, 0.4) is 0 Å². The minimum Gasteiger partial charge on any atom is -0.394 e. The molecule has 1 aliphatic rings. The highest BCUT2D eigenvalue weighted by atomic mass is 16.5. The number of rotatable bonds is 3. The van der Waals surface area contributed by atoms with E-state index in [0.717, 1.165) is 19.4 Å². The van der Waals surface area contributed by atoms with Crippen LogP contribution in [0.2, 0.25) is 0 Å². The van der Waals surface area contributed by atoms with Crippen LogP contribution in [0.1, 0.15) is 40.5 Å². The van der Waals surface area contributed by atoms with Crippen LogP contribution in [0.5, 0.6) is 0 Å². The summed E-state index contributed by atoms with van der Waals surface area (Å²) < 4.78 is 10.3. The van der Waals surface area contributed by atoms with E-state index in [4.69, 9.17) is 14.6 Å². The molecule has 1 saturated heterocycles. The summed E-state index contributed by atoms with van der Waals surface area (Å²) in [6, 6.07) is 0. The highest BCUT2D eigenvalue weighted by molar-refractivity contribution is 4.61. The lowest BCUT2D eigenvalue weighted by Crippen LogP contribution is -2.09.